The molecule has 0 unspecified atom stereocenters. The smallest absolute Gasteiger partial charge is 0.157 e. The molecular weight excluding hydrogens is 188 g/mol. The summed E-state index contributed by atoms with van der Waals surface area (Å²) in [5, 5.41) is 0. The van der Waals surface area contributed by atoms with Gasteiger partial charge in [0.15, 0.2) is 5.84 Å². The molecule has 0 N–H and O–H groups in total. The Morgan fingerprint density at radius 2 is 2.20 bits per heavy atom. The molecule has 0 bridgehead atoms. The van der Waals surface area contributed by atoms with Gasteiger partial charge in [0.2, 0.25) is 0 Å². The van der Waals surface area contributed by atoms with E-state index in [0.29, 0.717) is 11.9 Å². The van der Waals surface area contributed by atoms with Crippen molar-refractivity contribution in [3.05, 3.63) is 24.7 Å². The van der Waals surface area contributed by atoms with Gasteiger partial charge in [0, 0.05) is 26.3 Å². The second-order valence-corrected chi connectivity index (χ2v) is 3.91. The Balaban J connectivity index is 2.72. The zero-order chi connectivity index (χ0) is 11.4. The standard InChI is InChI=1S/C11H18N4/c1-9(2)15-7-6-11(13-10(15)3)12-8-14(4)5/h6-9H,3H2,1-2,4-5H3. The Morgan fingerprint density at radius 1 is 1.53 bits per heavy atom. The molecular formula is C11H18N4. The van der Waals surface area contributed by atoms with E-state index in [9.17, 15) is 0 Å². The highest BCUT2D eigenvalue weighted by atomic mass is 15.2. The monoisotopic (exact) mass is 206 g/mol. The third kappa shape index (κ3) is 3.23. The molecule has 0 aromatic rings. The van der Waals surface area contributed by atoms with Gasteiger partial charge in [-0.25, -0.2) is 9.98 Å². The Kier molecular flexibility index (Phi) is 3.66. The highest BCUT2D eigenvalue weighted by Crippen LogP contribution is 2.14. The third-order valence-electron chi connectivity index (χ3n) is 1.90. The van der Waals surface area contributed by atoms with Crippen molar-refractivity contribution >= 4 is 12.2 Å². The van der Waals surface area contributed by atoms with E-state index in [-0.39, 0.29) is 0 Å². The van der Waals surface area contributed by atoms with E-state index in [1.54, 1.807) is 6.34 Å². The average Bonchev–Trinajstić information content (AvgIpc) is 2.14. The SMILES string of the molecule is C=C1N=C(N=CN(C)C)C=CN1C(C)C. The third-order valence-corrected chi connectivity index (χ3v) is 1.90. The molecule has 0 fully saturated rings. The molecule has 82 valence electrons. The fraction of sp³-hybridized carbons (Fsp3) is 0.455. The summed E-state index contributed by atoms with van der Waals surface area (Å²) in [7, 11) is 3.84. The molecule has 0 amide bonds. The van der Waals surface area contributed by atoms with Crippen LogP contribution in [-0.4, -0.2) is 42.1 Å². The lowest BCUT2D eigenvalue weighted by Gasteiger charge is -2.26. The molecule has 4 heteroatoms. The first-order chi connectivity index (χ1) is 7.00. The highest BCUT2D eigenvalue weighted by molar-refractivity contribution is 5.98. The van der Waals surface area contributed by atoms with Crippen molar-refractivity contribution in [1.29, 1.82) is 0 Å². The number of rotatable bonds is 2. The number of hydrogen-bond donors (Lipinski definition) is 0. The minimum absolute atomic E-state index is 0.372. The number of aliphatic imine (C=N–C) groups is 2. The van der Waals surface area contributed by atoms with Gasteiger partial charge in [-0.1, -0.05) is 6.58 Å². The van der Waals surface area contributed by atoms with Gasteiger partial charge in [-0.3, -0.25) is 0 Å². The molecule has 0 aromatic heterocycles. The molecule has 0 saturated heterocycles. The maximum absolute atomic E-state index is 4.29. The van der Waals surface area contributed by atoms with Crippen LogP contribution in [0.25, 0.3) is 0 Å². The van der Waals surface area contributed by atoms with Crippen LogP contribution in [-0.2, 0) is 0 Å². The molecule has 1 aliphatic rings. The molecule has 1 aliphatic heterocycles. The molecule has 0 aliphatic carbocycles. The van der Waals surface area contributed by atoms with Crippen LogP contribution < -0.4 is 0 Å². The first-order valence-corrected chi connectivity index (χ1v) is 4.95. The Labute approximate surface area is 91.3 Å². The molecule has 1 heterocycles. The summed E-state index contributed by atoms with van der Waals surface area (Å²) in [5.41, 5.74) is 0. The minimum Gasteiger partial charge on any atom is -0.369 e. The average molecular weight is 206 g/mol. The van der Waals surface area contributed by atoms with Gasteiger partial charge in [-0.2, -0.15) is 0 Å². The lowest BCUT2D eigenvalue weighted by atomic mass is 10.3. The zero-order valence-electron chi connectivity index (χ0n) is 9.81. The molecule has 1 rings (SSSR count). The fourth-order valence-electron chi connectivity index (χ4n) is 1.18. The van der Waals surface area contributed by atoms with Crippen LogP contribution in [0.5, 0.6) is 0 Å². The molecule has 0 atom stereocenters. The molecule has 0 radical (unpaired) electrons. The summed E-state index contributed by atoms with van der Waals surface area (Å²) in [6.07, 6.45) is 5.57. The first kappa shape index (κ1) is 11.5. The molecule has 0 aromatic carbocycles. The van der Waals surface area contributed by atoms with Crippen molar-refractivity contribution in [2.24, 2.45) is 9.98 Å². The van der Waals surface area contributed by atoms with E-state index in [4.69, 9.17) is 0 Å². The van der Waals surface area contributed by atoms with E-state index in [1.807, 2.05) is 36.2 Å². The van der Waals surface area contributed by atoms with Gasteiger partial charge < -0.3 is 9.80 Å². The van der Waals surface area contributed by atoms with E-state index in [2.05, 4.69) is 30.4 Å². The molecule has 0 spiro atoms. The summed E-state index contributed by atoms with van der Waals surface area (Å²) in [6, 6.07) is 0.372. The predicted octanol–water partition coefficient (Wildman–Crippen LogP) is 1.68. The second-order valence-electron chi connectivity index (χ2n) is 3.91. The number of hydrogen-bond acceptors (Lipinski definition) is 3. The van der Waals surface area contributed by atoms with Crippen molar-refractivity contribution in [3.8, 4) is 0 Å². The predicted molar refractivity (Wildman–Crippen MR) is 64.9 cm³/mol. The Morgan fingerprint density at radius 3 is 2.67 bits per heavy atom. The van der Waals surface area contributed by atoms with E-state index in [1.165, 1.54) is 0 Å². The first-order valence-electron chi connectivity index (χ1n) is 4.95. The summed E-state index contributed by atoms with van der Waals surface area (Å²) < 4.78 is 0. The van der Waals surface area contributed by atoms with Crippen molar-refractivity contribution in [1.82, 2.24) is 9.80 Å². The Bertz CT molecular complexity index is 323. The highest BCUT2D eigenvalue weighted by Gasteiger charge is 2.12. The lowest BCUT2D eigenvalue weighted by molar-refractivity contribution is 0.380. The summed E-state index contributed by atoms with van der Waals surface area (Å²) in [5.74, 6) is 1.42. The number of amidine groups is 1. The van der Waals surface area contributed by atoms with Crippen molar-refractivity contribution in [2.45, 2.75) is 19.9 Å². The molecule has 15 heavy (non-hydrogen) atoms. The normalized spacial score (nSPS) is 16.5. The van der Waals surface area contributed by atoms with Crippen molar-refractivity contribution < 1.29 is 0 Å². The van der Waals surface area contributed by atoms with Gasteiger partial charge >= 0.3 is 0 Å². The summed E-state index contributed by atoms with van der Waals surface area (Å²) in [4.78, 5) is 12.4. The minimum atomic E-state index is 0.372. The van der Waals surface area contributed by atoms with Gasteiger partial charge in [-0.15, -0.1) is 0 Å². The van der Waals surface area contributed by atoms with Crippen LogP contribution in [0.4, 0.5) is 0 Å². The maximum Gasteiger partial charge on any atom is 0.157 e. The van der Waals surface area contributed by atoms with Crippen molar-refractivity contribution in [3.63, 3.8) is 0 Å². The number of nitrogens with zero attached hydrogens (tertiary/aromatic N) is 4. The van der Waals surface area contributed by atoms with Crippen LogP contribution in [0, 0.1) is 0 Å². The Hall–Kier alpha value is -1.58. The summed E-state index contributed by atoms with van der Waals surface area (Å²) >= 11 is 0. The zero-order valence-corrected chi connectivity index (χ0v) is 9.81. The molecule has 4 nitrogen and oxygen atoms in total. The fourth-order valence-corrected chi connectivity index (χ4v) is 1.18. The van der Waals surface area contributed by atoms with Crippen LogP contribution in [0.3, 0.4) is 0 Å². The quantitative estimate of drug-likeness (QED) is 0.508. The summed E-state index contributed by atoms with van der Waals surface area (Å²) in [6.45, 7) is 8.09. The largest absolute Gasteiger partial charge is 0.369 e. The van der Waals surface area contributed by atoms with Gasteiger partial charge in [-0.05, 0) is 19.9 Å². The van der Waals surface area contributed by atoms with Gasteiger partial charge in [0.25, 0.3) is 0 Å². The second kappa shape index (κ2) is 4.77. The van der Waals surface area contributed by atoms with E-state index >= 15 is 0 Å². The van der Waals surface area contributed by atoms with Crippen molar-refractivity contribution in [2.75, 3.05) is 14.1 Å². The van der Waals surface area contributed by atoms with Crippen LogP contribution in [0.2, 0.25) is 0 Å². The molecule has 0 saturated carbocycles. The maximum atomic E-state index is 4.29. The van der Waals surface area contributed by atoms with Crippen LogP contribution in [0.1, 0.15) is 13.8 Å². The lowest BCUT2D eigenvalue weighted by Crippen LogP contribution is -2.26. The van der Waals surface area contributed by atoms with Crippen LogP contribution in [0.15, 0.2) is 34.7 Å². The topological polar surface area (TPSA) is 31.2 Å². The van der Waals surface area contributed by atoms with Gasteiger partial charge in [0.05, 0.1) is 6.34 Å². The van der Waals surface area contributed by atoms with Gasteiger partial charge in [0.1, 0.15) is 5.82 Å². The van der Waals surface area contributed by atoms with E-state index < -0.39 is 0 Å². The van der Waals surface area contributed by atoms with Crippen LogP contribution >= 0.6 is 0 Å². The van der Waals surface area contributed by atoms with E-state index in [0.717, 1.165) is 5.82 Å².